The molecule has 0 aliphatic carbocycles. The van der Waals surface area contributed by atoms with Crippen LogP contribution in [0.3, 0.4) is 0 Å². The summed E-state index contributed by atoms with van der Waals surface area (Å²) in [5, 5.41) is 0. The molecule has 0 spiro atoms. The number of piperazine rings is 1. The molecule has 1 aliphatic rings. The summed E-state index contributed by atoms with van der Waals surface area (Å²) in [7, 11) is 0. The molecule has 0 atom stereocenters. The van der Waals surface area contributed by atoms with Crippen LogP contribution < -0.4 is 0 Å². The van der Waals surface area contributed by atoms with E-state index in [1.165, 1.54) is 0 Å². The Morgan fingerprint density at radius 3 is 2.35 bits per heavy atom. The molecule has 0 unspecified atom stereocenters. The predicted octanol–water partition coefficient (Wildman–Crippen LogP) is 0.494. The predicted molar refractivity (Wildman–Crippen MR) is 64.6 cm³/mol. The second-order valence-corrected chi connectivity index (χ2v) is 4.36. The third-order valence-electron chi connectivity index (χ3n) is 2.93. The van der Waals surface area contributed by atoms with Crippen molar-refractivity contribution in [1.29, 1.82) is 0 Å². The van der Waals surface area contributed by atoms with Gasteiger partial charge in [-0.25, -0.2) is 0 Å². The Balaban J connectivity index is 2.17. The van der Waals surface area contributed by atoms with Crippen molar-refractivity contribution in [1.82, 2.24) is 9.80 Å². The van der Waals surface area contributed by atoms with E-state index in [1.54, 1.807) is 11.8 Å². The van der Waals surface area contributed by atoms with Gasteiger partial charge in [0.2, 0.25) is 5.91 Å². The average molecular weight is 242 g/mol. The fourth-order valence-corrected chi connectivity index (χ4v) is 1.78. The highest BCUT2D eigenvalue weighted by Gasteiger charge is 2.20. The molecule has 0 N–H and O–H groups in total. The van der Waals surface area contributed by atoms with Gasteiger partial charge in [0.15, 0.2) is 0 Å². The van der Waals surface area contributed by atoms with Crippen molar-refractivity contribution >= 4 is 11.9 Å². The van der Waals surface area contributed by atoms with Crippen molar-refractivity contribution in [2.75, 3.05) is 39.3 Å². The molecule has 1 aliphatic heterocycles. The number of hydrogen-bond donors (Lipinski definition) is 0. The van der Waals surface area contributed by atoms with Crippen molar-refractivity contribution in [3.63, 3.8) is 0 Å². The van der Waals surface area contributed by atoms with E-state index in [0.717, 1.165) is 25.9 Å². The summed E-state index contributed by atoms with van der Waals surface area (Å²) in [6.45, 7) is 7.42. The van der Waals surface area contributed by atoms with Gasteiger partial charge in [-0.1, -0.05) is 13.3 Å². The van der Waals surface area contributed by atoms with E-state index in [9.17, 15) is 9.59 Å². The highest BCUT2D eigenvalue weighted by Crippen LogP contribution is 2.02. The lowest BCUT2D eigenvalue weighted by atomic mass is 10.3. The lowest BCUT2D eigenvalue weighted by Gasteiger charge is -2.33. The molecule has 1 saturated heterocycles. The first-order valence-corrected chi connectivity index (χ1v) is 6.27. The topological polar surface area (TPSA) is 49.9 Å². The number of carbonyl (C=O) groups excluding carboxylic acids is 2. The van der Waals surface area contributed by atoms with Crippen LogP contribution in [0.2, 0.25) is 0 Å². The van der Waals surface area contributed by atoms with Gasteiger partial charge in [0.25, 0.3) is 0 Å². The zero-order valence-corrected chi connectivity index (χ0v) is 10.8. The molecule has 1 rings (SSSR count). The third-order valence-corrected chi connectivity index (χ3v) is 2.93. The minimum Gasteiger partial charge on any atom is -0.465 e. The first-order chi connectivity index (χ1) is 8.13. The number of amides is 1. The van der Waals surface area contributed by atoms with Crippen molar-refractivity contribution in [3.05, 3.63) is 0 Å². The molecule has 1 fully saturated rings. The Labute approximate surface area is 103 Å². The summed E-state index contributed by atoms with van der Waals surface area (Å²) in [6.07, 6.45) is 1.95. The SMILES string of the molecule is CCCCOC(=O)CN1CCN(C(C)=O)CC1. The number of unbranched alkanes of at least 4 members (excludes halogenated alkanes) is 1. The standard InChI is InChI=1S/C12H22N2O3/c1-3-4-9-17-12(16)10-13-5-7-14(8-6-13)11(2)15/h3-10H2,1-2H3. The van der Waals surface area contributed by atoms with E-state index in [-0.39, 0.29) is 11.9 Å². The highest BCUT2D eigenvalue weighted by molar-refractivity contribution is 5.73. The number of esters is 1. The van der Waals surface area contributed by atoms with Crippen LogP contribution in [0, 0.1) is 0 Å². The Morgan fingerprint density at radius 2 is 1.82 bits per heavy atom. The monoisotopic (exact) mass is 242 g/mol. The minimum atomic E-state index is -0.158. The third kappa shape index (κ3) is 5.17. The van der Waals surface area contributed by atoms with Crippen LogP contribution in [0.4, 0.5) is 0 Å². The molecule has 0 aromatic heterocycles. The van der Waals surface area contributed by atoms with E-state index in [4.69, 9.17) is 4.74 Å². The molecule has 1 amide bonds. The average Bonchev–Trinajstić information content (AvgIpc) is 2.30. The zero-order valence-electron chi connectivity index (χ0n) is 10.8. The van der Waals surface area contributed by atoms with Gasteiger partial charge in [-0.15, -0.1) is 0 Å². The van der Waals surface area contributed by atoms with Crippen LogP contribution in [0.15, 0.2) is 0 Å². The lowest BCUT2D eigenvalue weighted by Crippen LogP contribution is -2.49. The number of carbonyl (C=O) groups is 2. The molecule has 0 aromatic carbocycles. The zero-order chi connectivity index (χ0) is 12.7. The number of rotatable bonds is 5. The van der Waals surface area contributed by atoms with Gasteiger partial charge in [0.05, 0.1) is 13.2 Å². The Hall–Kier alpha value is -1.10. The molecule has 5 nitrogen and oxygen atoms in total. The highest BCUT2D eigenvalue weighted by atomic mass is 16.5. The molecule has 0 radical (unpaired) electrons. The normalized spacial score (nSPS) is 16.9. The van der Waals surface area contributed by atoms with Crippen molar-refractivity contribution in [3.8, 4) is 0 Å². The summed E-state index contributed by atoms with van der Waals surface area (Å²) < 4.78 is 5.10. The largest absolute Gasteiger partial charge is 0.465 e. The summed E-state index contributed by atoms with van der Waals surface area (Å²) in [6, 6.07) is 0. The Bertz CT molecular complexity index is 260. The summed E-state index contributed by atoms with van der Waals surface area (Å²) in [5.41, 5.74) is 0. The van der Waals surface area contributed by atoms with E-state index >= 15 is 0 Å². The lowest BCUT2D eigenvalue weighted by molar-refractivity contribution is -0.145. The van der Waals surface area contributed by atoms with Gasteiger partial charge in [0.1, 0.15) is 0 Å². The fraction of sp³-hybridized carbons (Fsp3) is 0.833. The second kappa shape index (κ2) is 7.27. The van der Waals surface area contributed by atoms with Gasteiger partial charge in [-0.2, -0.15) is 0 Å². The summed E-state index contributed by atoms with van der Waals surface area (Å²) in [5.74, 6) is -0.0510. The second-order valence-electron chi connectivity index (χ2n) is 4.36. The first kappa shape index (κ1) is 14.0. The summed E-state index contributed by atoms with van der Waals surface area (Å²) in [4.78, 5) is 26.4. The van der Waals surface area contributed by atoms with Crippen LogP contribution in [0.5, 0.6) is 0 Å². The summed E-state index contributed by atoms with van der Waals surface area (Å²) >= 11 is 0. The van der Waals surface area contributed by atoms with Crippen LogP contribution >= 0.6 is 0 Å². The van der Waals surface area contributed by atoms with Gasteiger partial charge in [0, 0.05) is 33.1 Å². The maximum Gasteiger partial charge on any atom is 0.320 e. The van der Waals surface area contributed by atoms with E-state index in [2.05, 4.69) is 6.92 Å². The van der Waals surface area contributed by atoms with Crippen LogP contribution in [0.25, 0.3) is 0 Å². The number of hydrogen-bond acceptors (Lipinski definition) is 4. The smallest absolute Gasteiger partial charge is 0.320 e. The van der Waals surface area contributed by atoms with Crippen LogP contribution in [-0.2, 0) is 14.3 Å². The maximum atomic E-state index is 11.5. The fourth-order valence-electron chi connectivity index (χ4n) is 1.78. The Kier molecular flexibility index (Phi) is 5.97. The quantitative estimate of drug-likeness (QED) is 0.520. The molecule has 0 bridgehead atoms. The number of ether oxygens (including phenoxy) is 1. The van der Waals surface area contributed by atoms with Crippen molar-refractivity contribution in [2.45, 2.75) is 26.7 Å². The van der Waals surface area contributed by atoms with E-state index in [0.29, 0.717) is 26.2 Å². The number of nitrogens with zero attached hydrogens (tertiary/aromatic N) is 2. The van der Waals surface area contributed by atoms with Crippen LogP contribution in [-0.4, -0.2) is 61.0 Å². The molecular weight excluding hydrogens is 220 g/mol. The molecule has 17 heavy (non-hydrogen) atoms. The molecule has 98 valence electrons. The van der Waals surface area contributed by atoms with Gasteiger partial charge < -0.3 is 9.64 Å². The van der Waals surface area contributed by atoms with Crippen molar-refractivity contribution < 1.29 is 14.3 Å². The van der Waals surface area contributed by atoms with Crippen LogP contribution in [0.1, 0.15) is 26.7 Å². The molecule has 1 heterocycles. The molecule has 0 aromatic rings. The maximum absolute atomic E-state index is 11.5. The Morgan fingerprint density at radius 1 is 1.18 bits per heavy atom. The van der Waals surface area contributed by atoms with Gasteiger partial charge in [-0.05, 0) is 6.42 Å². The van der Waals surface area contributed by atoms with Gasteiger partial charge >= 0.3 is 5.97 Å². The first-order valence-electron chi connectivity index (χ1n) is 6.27. The van der Waals surface area contributed by atoms with E-state index < -0.39 is 0 Å². The molecule has 5 heteroatoms. The molecule has 0 saturated carbocycles. The van der Waals surface area contributed by atoms with Gasteiger partial charge in [-0.3, -0.25) is 14.5 Å². The van der Waals surface area contributed by atoms with E-state index in [1.807, 2.05) is 4.90 Å². The minimum absolute atomic E-state index is 0.107. The molecular formula is C12H22N2O3. The van der Waals surface area contributed by atoms with Crippen molar-refractivity contribution in [2.24, 2.45) is 0 Å².